The molecule has 5 heteroatoms. The highest BCUT2D eigenvalue weighted by Gasteiger charge is 2.24. The minimum Gasteiger partial charge on any atom is -0.461 e. The van der Waals surface area contributed by atoms with Gasteiger partial charge in [-0.1, -0.05) is 6.92 Å². The van der Waals surface area contributed by atoms with Gasteiger partial charge in [0.2, 0.25) is 0 Å². The van der Waals surface area contributed by atoms with Gasteiger partial charge in [0.1, 0.15) is 6.61 Å². The Balaban J connectivity index is 2.12. The molecule has 0 aromatic heterocycles. The summed E-state index contributed by atoms with van der Waals surface area (Å²) < 4.78 is 9.71. The Morgan fingerprint density at radius 3 is 3.08 bits per heavy atom. The van der Waals surface area contributed by atoms with Gasteiger partial charge < -0.3 is 9.47 Å². The lowest BCUT2D eigenvalue weighted by Gasteiger charge is -2.08. The molecule has 0 spiro atoms. The Bertz CT molecular complexity index is 204. The zero-order valence-corrected chi connectivity index (χ0v) is 8.26. The summed E-state index contributed by atoms with van der Waals surface area (Å²) in [5.41, 5.74) is -0.298. The van der Waals surface area contributed by atoms with Crippen molar-refractivity contribution in [1.82, 2.24) is 0 Å². The van der Waals surface area contributed by atoms with Crippen molar-refractivity contribution >= 4 is 23.7 Å². The highest BCUT2D eigenvalue weighted by Crippen LogP contribution is 2.20. The lowest BCUT2D eigenvalue weighted by atomic mass is 10.3. The highest BCUT2D eigenvalue weighted by molar-refractivity contribution is 8.00. The number of hydrogen-bond acceptors (Lipinski definition) is 5. The third-order valence-electron chi connectivity index (χ3n) is 1.48. The molecule has 4 nitrogen and oxygen atoms in total. The van der Waals surface area contributed by atoms with Crippen LogP contribution in [0.4, 0.5) is 0 Å². The van der Waals surface area contributed by atoms with E-state index in [1.165, 1.54) is 11.8 Å². The zero-order chi connectivity index (χ0) is 9.68. The molecule has 0 bridgehead atoms. The molecule has 1 rings (SSSR count). The van der Waals surface area contributed by atoms with E-state index in [0.717, 1.165) is 6.42 Å². The van der Waals surface area contributed by atoms with E-state index >= 15 is 0 Å². The molecule has 0 saturated carbocycles. The smallest absolute Gasteiger partial charge is 0.317 e. The number of rotatable bonds is 4. The Morgan fingerprint density at radius 2 is 2.54 bits per heavy atom. The quantitative estimate of drug-likeness (QED) is 0.638. The number of carbonyl (C=O) groups excluding carboxylic acids is 2. The Morgan fingerprint density at radius 1 is 1.77 bits per heavy atom. The molecule has 13 heavy (non-hydrogen) atoms. The minimum absolute atomic E-state index is 0.176. The molecule has 0 aromatic carbocycles. The first-order chi connectivity index (χ1) is 6.22. The zero-order valence-electron chi connectivity index (χ0n) is 7.45. The van der Waals surface area contributed by atoms with Crippen molar-refractivity contribution in [1.29, 1.82) is 0 Å². The molecule has 0 radical (unpaired) electrons. The summed E-state index contributed by atoms with van der Waals surface area (Å²) in [7, 11) is 0. The van der Waals surface area contributed by atoms with E-state index in [-0.39, 0.29) is 24.0 Å². The fourth-order valence-corrected chi connectivity index (χ4v) is 1.62. The van der Waals surface area contributed by atoms with Crippen LogP contribution in [0.1, 0.15) is 19.8 Å². The maximum atomic E-state index is 10.9. The lowest BCUT2D eigenvalue weighted by Crippen LogP contribution is -2.16. The van der Waals surface area contributed by atoms with Crippen LogP contribution in [0, 0.1) is 0 Å². The van der Waals surface area contributed by atoms with Crippen LogP contribution < -0.4 is 0 Å². The molecule has 0 aromatic rings. The molecule has 1 heterocycles. The molecule has 0 amide bonds. The molecule has 1 aliphatic rings. The summed E-state index contributed by atoms with van der Waals surface area (Å²) in [6.45, 7) is 2.08. The number of hydrogen-bond donors (Lipinski definition) is 0. The molecule has 1 saturated heterocycles. The van der Waals surface area contributed by atoms with Crippen LogP contribution in [0.15, 0.2) is 0 Å². The average Bonchev–Trinajstić information content (AvgIpc) is 2.49. The van der Waals surface area contributed by atoms with Gasteiger partial charge in [-0.05, 0) is 6.42 Å². The van der Waals surface area contributed by atoms with Crippen LogP contribution in [0.25, 0.3) is 0 Å². The Hall–Kier alpha value is -0.710. The van der Waals surface area contributed by atoms with E-state index < -0.39 is 0 Å². The van der Waals surface area contributed by atoms with E-state index in [2.05, 4.69) is 0 Å². The van der Waals surface area contributed by atoms with Gasteiger partial charge in [0, 0.05) is 6.42 Å². The SMILES string of the molecule is CCCC(=O)OC[C@H]1OC(=O)CS1. The fourth-order valence-electron chi connectivity index (χ4n) is 0.895. The first-order valence-electron chi connectivity index (χ1n) is 4.19. The van der Waals surface area contributed by atoms with Crippen LogP contribution in [0.5, 0.6) is 0 Å². The van der Waals surface area contributed by atoms with Gasteiger partial charge in [-0.25, -0.2) is 0 Å². The van der Waals surface area contributed by atoms with E-state index in [1.807, 2.05) is 6.92 Å². The van der Waals surface area contributed by atoms with Crippen molar-refractivity contribution in [2.45, 2.75) is 25.2 Å². The van der Waals surface area contributed by atoms with Crippen LogP contribution >= 0.6 is 11.8 Å². The van der Waals surface area contributed by atoms with E-state index in [4.69, 9.17) is 9.47 Å². The maximum absolute atomic E-state index is 10.9. The second-order valence-electron chi connectivity index (χ2n) is 2.66. The summed E-state index contributed by atoms with van der Waals surface area (Å²) >= 11 is 1.36. The van der Waals surface area contributed by atoms with Gasteiger partial charge >= 0.3 is 11.9 Å². The number of cyclic esters (lactones) is 1. The van der Waals surface area contributed by atoms with E-state index in [1.54, 1.807) is 0 Å². The second-order valence-corrected chi connectivity index (χ2v) is 3.81. The summed E-state index contributed by atoms with van der Waals surface area (Å²) in [6.07, 6.45) is 1.20. The Kier molecular flexibility index (Phi) is 4.08. The van der Waals surface area contributed by atoms with E-state index in [0.29, 0.717) is 12.2 Å². The number of carbonyl (C=O) groups is 2. The average molecular weight is 204 g/mol. The third-order valence-corrected chi connectivity index (χ3v) is 2.49. The van der Waals surface area contributed by atoms with Crippen LogP contribution in [0.3, 0.4) is 0 Å². The molecular formula is C8H12O4S. The largest absolute Gasteiger partial charge is 0.461 e. The first kappa shape index (κ1) is 10.4. The van der Waals surface area contributed by atoms with Gasteiger partial charge in [-0.2, -0.15) is 0 Å². The highest BCUT2D eigenvalue weighted by atomic mass is 32.2. The van der Waals surface area contributed by atoms with Crippen molar-refractivity contribution in [3.63, 3.8) is 0 Å². The van der Waals surface area contributed by atoms with Crippen molar-refractivity contribution < 1.29 is 19.1 Å². The topological polar surface area (TPSA) is 52.6 Å². The second kappa shape index (κ2) is 5.11. The van der Waals surface area contributed by atoms with Gasteiger partial charge in [0.25, 0.3) is 0 Å². The minimum atomic E-state index is -0.298. The van der Waals surface area contributed by atoms with Crippen molar-refractivity contribution in [3.8, 4) is 0 Å². The van der Waals surface area contributed by atoms with Crippen LogP contribution in [-0.2, 0) is 19.1 Å². The number of thioether (sulfide) groups is 1. The molecule has 74 valence electrons. The van der Waals surface area contributed by atoms with E-state index in [9.17, 15) is 9.59 Å². The Labute approximate surface area is 81.0 Å². The molecule has 1 fully saturated rings. The molecule has 1 aliphatic heterocycles. The predicted molar refractivity (Wildman–Crippen MR) is 48.2 cm³/mol. The van der Waals surface area contributed by atoms with Gasteiger partial charge in [0.15, 0.2) is 5.44 Å². The third kappa shape index (κ3) is 3.67. The summed E-state index contributed by atoms with van der Waals surface area (Å²) in [5, 5.41) is 0. The van der Waals surface area contributed by atoms with Crippen molar-refractivity contribution in [2.24, 2.45) is 0 Å². The number of ether oxygens (including phenoxy) is 2. The monoisotopic (exact) mass is 204 g/mol. The maximum Gasteiger partial charge on any atom is 0.317 e. The predicted octanol–water partition coefficient (Wildman–Crippen LogP) is 0.946. The first-order valence-corrected chi connectivity index (χ1v) is 5.24. The van der Waals surface area contributed by atoms with Gasteiger partial charge in [0.05, 0.1) is 5.75 Å². The molecule has 0 N–H and O–H groups in total. The van der Waals surface area contributed by atoms with Crippen LogP contribution in [0.2, 0.25) is 0 Å². The normalized spacial score (nSPS) is 21.3. The number of esters is 2. The molecule has 0 unspecified atom stereocenters. The standard InChI is InChI=1S/C8H12O4S/c1-2-3-6(9)11-4-8-12-7(10)5-13-8/h8H,2-5H2,1H3/t8-/m0/s1. The van der Waals surface area contributed by atoms with Gasteiger partial charge in [-0.15, -0.1) is 11.8 Å². The molecule has 1 atom stereocenters. The van der Waals surface area contributed by atoms with Gasteiger partial charge in [-0.3, -0.25) is 9.59 Å². The lowest BCUT2D eigenvalue weighted by molar-refractivity contribution is -0.151. The summed E-state index contributed by atoms with van der Waals surface area (Å²) in [5.74, 6) is -0.108. The summed E-state index contributed by atoms with van der Waals surface area (Å²) in [4.78, 5) is 21.5. The fraction of sp³-hybridized carbons (Fsp3) is 0.750. The summed E-state index contributed by atoms with van der Waals surface area (Å²) in [6, 6.07) is 0. The van der Waals surface area contributed by atoms with Crippen molar-refractivity contribution in [3.05, 3.63) is 0 Å². The molecule has 0 aliphatic carbocycles. The van der Waals surface area contributed by atoms with Crippen molar-refractivity contribution in [2.75, 3.05) is 12.4 Å². The molecular weight excluding hydrogens is 192 g/mol. The van der Waals surface area contributed by atoms with Crippen LogP contribution in [-0.4, -0.2) is 29.7 Å².